The van der Waals surface area contributed by atoms with Crippen LogP contribution in [-0.2, 0) is 9.59 Å². The van der Waals surface area contributed by atoms with Crippen molar-refractivity contribution in [2.75, 3.05) is 12.3 Å². The maximum atomic E-state index is 11.9. The lowest BCUT2D eigenvalue weighted by Gasteiger charge is -2.05. The van der Waals surface area contributed by atoms with Gasteiger partial charge in [0, 0.05) is 18.4 Å². The smallest absolute Gasteiger partial charge is 0.305 e. The van der Waals surface area contributed by atoms with Gasteiger partial charge in [0.1, 0.15) is 11.6 Å². The molecule has 1 aromatic carbocycles. The number of aliphatic carboxylic acids is 1. The van der Waals surface area contributed by atoms with Crippen molar-refractivity contribution in [2.45, 2.75) is 6.42 Å². The first kappa shape index (κ1) is 16.7. The van der Waals surface area contributed by atoms with E-state index in [1.807, 2.05) is 0 Å². The van der Waals surface area contributed by atoms with E-state index in [-0.39, 0.29) is 29.8 Å². The Morgan fingerprint density at radius 1 is 1.32 bits per heavy atom. The fourth-order valence-electron chi connectivity index (χ4n) is 1.45. The molecule has 8 heteroatoms. The van der Waals surface area contributed by atoms with Crippen LogP contribution in [0.2, 0.25) is 0 Å². The number of nitrogens with zero attached hydrogens (tertiary/aromatic N) is 1. The summed E-state index contributed by atoms with van der Waals surface area (Å²) in [4.78, 5) is 33.8. The maximum absolute atomic E-state index is 11.9. The Morgan fingerprint density at radius 2 is 2.00 bits per heavy atom. The number of anilines is 1. The van der Waals surface area contributed by atoms with Crippen LogP contribution in [0, 0.1) is 11.3 Å². The number of benzene rings is 1. The largest absolute Gasteiger partial charge is 0.481 e. The maximum Gasteiger partial charge on any atom is 0.305 e. The second-order valence-corrected chi connectivity index (χ2v) is 4.13. The number of nitrogens with one attached hydrogen (secondary N) is 2. The summed E-state index contributed by atoms with van der Waals surface area (Å²) in [6, 6.07) is 7.95. The van der Waals surface area contributed by atoms with Crippen LogP contribution in [0.15, 0.2) is 36.0 Å². The van der Waals surface area contributed by atoms with Gasteiger partial charge in [0.15, 0.2) is 0 Å². The molecule has 1 rings (SSSR count). The summed E-state index contributed by atoms with van der Waals surface area (Å²) in [6.45, 7) is -0.118. The van der Waals surface area contributed by atoms with Gasteiger partial charge in [0.25, 0.3) is 11.8 Å². The van der Waals surface area contributed by atoms with Crippen molar-refractivity contribution in [1.29, 1.82) is 5.26 Å². The highest BCUT2D eigenvalue weighted by atomic mass is 16.4. The molecular formula is C14H14N4O4. The van der Waals surface area contributed by atoms with Gasteiger partial charge < -0.3 is 21.5 Å². The standard InChI is InChI=1S/C14H14N4O4/c15-7-9(13(21)17-6-5-12(19)20)8-18-14(22)10-3-1-2-4-11(10)16/h1-4,8H,5-6,16H2,(H,17,21)(H,18,22)(H,19,20)/b9-8-. The fraction of sp³-hybridized carbons (Fsp3) is 0.143. The van der Waals surface area contributed by atoms with E-state index in [1.165, 1.54) is 6.07 Å². The summed E-state index contributed by atoms with van der Waals surface area (Å²) in [7, 11) is 0. The van der Waals surface area contributed by atoms with E-state index in [9.17, 15) is 14.4 Å². The van der Waals surface area contributed by atoms with Crippen molar-refractivity contribution >= 4 is 23.5 Å². The first-order valence-corrected chi connectivity index (χ1v) is 6.21. The number of rotatable bonds is 6. The van der Waals surface area contributed by atoms with Gasteiger partial charge in [-0.3, -0.25) is 14.4 Å². The highest BCUT2D eigenvalue weighted by molar-refractivity contribution is 6.01. The van der Waals surface area contributed by atoms with Crippen LogP contribution in [0.3, 0.4) is 0 Å². The van der Waals surface area contributed by atoms with E-state index < -0.39 is 17.8 Å². The predicted octanol–water partition coefficient (Wildman–Crippen LogP) is -0.00302. The van der Waals surface area contributed by atoms with E-state index in [0.717, 1.165) is 6.20 Å². The molecule has 114 valence electrons. The van der Waals surface area contributed by atoms with Crippen LogP contribution >= 0.6 is 0 Å². The quantitative estimate of drug-likeness (QED) is 0.330. The number of hydrogen-bond donors (Lipinski definition) is 4. The minimum atomic E-state index is -1.07. The summed E-state index contributed by atoms with van der Waals surface area (Å²) in [5.41, 5.74) is 5.75. The van der Waals surface area contributed by atoms with Gasteiger partial charge in [-0.1, -0.05) is 12.1 Å². The molecule has 0 aliphatic heterocycles. The number of nitrogen functional groups attached to an aromatic ring is 1. The second kappa shape index (κ2) is 8.06. The predicted molar refractivity (Wildman–Crippen MR) is 77.3 cm³/mol. The number of nitriles is 1. The molecule has 0 radical (unpaired) electrons. The molecule has 5 N–H and O–H groups in total. The van der Waals surface area contributed by atoms with Gasteiger partial charge in [-0.2, -0.15) is 5.26 Å². The summed E-state index contributed by atoms with van der Waals surface area (Å²) < 4.78 is 0. The van der Waals surface area contributed by atoms with Crippen LogP contribution in [-0.4, -0.2) is 29.4 Å². The van der Waals surface area contributed by atoms with Crippen molar-refractivity contribution in [3.05, 3.63) is 41.6 Å². The summed E-state index contributed by atoms with van der Waals surface area (Å²) >= 11 is 0. The molecule has 0 saturated heterocycles. The second-order valence-electron chi connectivity index (χ2n) is 4.13. The number of amides is 2. The third-order valence-electron chi connectivity index (χ3n) is 2.54. The molecule has 8 nitrogen and oxygen atoms in total. The minimum Gasteiger partial charge on any atom is -0.481 e. The van der Waals surface area contributed by atoms with E-state index in [2.05, 4.69) is 10.6 Å². The molecular weight excluding hydrogens is 288 g/mol. The third-order valence-corrected chi connectivity index (χ3v) is 2.54. The Labute approximate surface area is 126 Å². The molecule has 22 heavy (non-hydrogen) atoms. The Morgan fingerprint density at radius 3 is 2.59 bits per heavy atom. The number of para-hydroxylation sites is 1. The van der Waals surface area contributed by atoms with Gasteiger partial charge in [-0.15, -0.1) is 0 Å². The number of nitrogens with two attached hydrogens (primary N) is 1. The van der Waals surface area contributed by atoms with Crippen molar-refractivity contribution in [3.63, 3.8) is 0 Å². The van der Waals surface area contributed by atoms with Crippen molar-refractivity contribution in [2.24, 2.45) is 0 Å². The Bertz CT molecular complexity index is 661. The molecule has 0 aromatic heterocycles. The van der Waals surface area contributed by atoms with Crippen LogP contribution in [0.4, 0.5) is 5.69 Å². The Kier molecular flexibility index (Phi) is 6.12. The molecule has 0 fully saturated rings. The highest BCUT2D eigenvalue weighted by Gasteiger charge is 2.11. The van der Waals surface area contributed by atoms with Gasteiger partial charge in [-0.05, 0) is 12.1 Å². The van der Waals surface area contributed by atoms with Crippen molar-refractivity contribution < 1.29 is 19.5 Å². The fourth-order valence-corrected chi connectivity index (χ4v) is 1.45. The zero-order valence-electron chi connectivity index (χ0n) is 11.5. The average Bonchev–Trinajstić information content (AvgIpc) is 2.47. The van der Waals surface area contributed by atoms with E-state index in [4.69, 9.17) is 16.1 Å². The lowest BCUT2D eigenvalue weighted by molar-refractivity contribution is -0.136. The summed E-state index contributed by atoms with van der Waals surface area (Å²) in [6.07, 6.45) is 0.683. The molecule has 0 aliphatic rings. The molecule has 0 atom stereocenters. The van der Waals surface area contributed by atoms with Crippen LogP contribution in [0.5, 0.6) is 0 Å². The molecule has 0 heterocycles. The van der Waals surface area contributed by atoms with Gasteiger partial charge in [-0.25, -0.2) is 0 Å². The van der Waals surface area contributed by atoms with Gasteiger partial charge >= 0.3 is 5.97 Å². The normalized spacial score (nSPS) is 10.4. The van der Waals surface area contributed by atoms with Crippen molar-refractivity contribution in [3.8, 4) is 6.07 Å². The zero-order valence-corrected chi connectivity index (χ0v) is 11.5. The average molecular weight is 302 g/mol. The van der Waals surface area contributed by atoms with E-state index in [1.54, 1.807) is 24.3 Å². The molecule has 0 bridgehead atoms. The summed E-state index contributed by atoms with van der Waals surface area (Å²) in [5.74, 6) is -2.41. The molecule has 0 aliphatic carbocycles. The van der Waals surface area contributed by atoms with Crippen LogP contribution in [0.25, 0.3) is 0 Å². The number of carboxylic acids is 1. The molecule has 1 aromatic rings. The number of hydrogen-bond acceptors (Lipinski definition) is 5. The first-order chi connectivity index (χ1) is 10.5. The topological polar surface area (TPSA) is 145 Å². The highest BCUT2D eigenvalue weighted by Crippen LogP contribution is 2.09. The Balaban J connectivity index is 2.67. The van der Waals surface area contributed by atoms with E-state index in [0.29, 0.717) is 0 Å². The third kappa shape index (κ3) is 4.97. The zero-order chi connectivity index (χ0) is 16.5. The Hall–Kier alpha value is -3.34. The number of carbonyl (C=O) groups is 3. The van der Waals surface area contributed by atoms with Gasteiger partial charge in [0.2, 0.25) is 0 Å². The first-order valence-electron chi connectivity index (χ1n) is 6.21. The molecule has 0 saturated carbocycles. The number of carboxylic acid groups (broad SMARTS) is 1. The van der Waals surface area contributed by atoms with Crippen LogP contribution < -0.4 is 16.4 Å². The SMILES string of the molecule is N#C/C(=C/NC(=O)c1ccccc1N)C(=O)NCCC(=O)O. The van der Waals surface area contributed by atoms with E-state index >= 15 is 0 Å². The monoisotopic (exact) mass is 302 g/mol. The molecule has 0 unspecified atom stereocenters. The lowest BCUT2D eigenvalue weighted by atomic mass is 10.1. The minimum absolute atomic E-state index is 0.118. The van der Waals surface area contributed by atoms with Crippen LogP contribution in [0.1, 0.15) is 16.8 Å². The molecule has 2 amide bonds. The lowest BCUT2D eigenvalue weighted by Crippen LogP contribution is -2.28. The summed E-state index contributed by atoms with van der Waals surface area (Å²) in [5, 5.41) is 21.9. The van der Waals surface area contributed by atoms with Gasteiger partial charge in [0.05, 0.1) is 12.0 Å². The molecule has 0 spiro atoms. The number of carbonyl (C=O) groups excluding carboxylic acids is 2. The van der Waals surface area contributed by atoms with Crippen molar-refractivity contribution in [1.82, 2.24) is 10.6 Å².